The maximum atomic E-state index is 12.6. The van der Waals surface area contributed by atoms with E-state index >= 15 is 0 Å². The maximum absolute atomic E-state index is 12.6. The third kappa shape index (κ3) is 44.7. The van der Waals surface area contributed by atoms with Crippen LogP contribution in [0.3, 0.4) is 0 Å². The first-order chi connectivity index (χ1) is 51.2. The van der Waals surface area contributed by atoms with E-state index in [4.69, 9.17) is 35.7 Å². The Kier molecular flexibility index (Phi) is 74.4. The molecule has 0 aliphatic heterocycles. The molecular formula is C79H98ClGd3N8Ni2O20. The molecule has 0 atom stereocenters. The number of aliphatic hydroxyl groups excluding tert-OH is 7. The molecule has 0 aliphatic rings. The largest absolute Gasteiger partial charge is 3.00 e. The first-order valence-electron chi connectivity index (χ1n) is 33.6. The third-order valence-corrected chi connectivity index (χ3v) is 15.1. The second-order valence-electron chi connectivity index (χ2n) is 23.1. The number of hydrogen-bond donors (Lipinski definition) is 7. The Labute approximate surface area is 784 Å². The Morgan fingerprint density at radius 3 is 0.619 bits per heavy atom. The van der Waals surface area contributed by atoms with Crippen LogP contribution in [-0.4, -0.2) is 212 Å². The molecule has 625 valence electrons. The Morgan fingerprint density at radius 2 is 0.469 bits per heavy atom. The first kappa shape index (κ1) is 119. The minimum Gasteiger partial charge on any atom is -1.00 e. The Hall–Kier alpha value is -4.55. The van der Waals surface area contributed by atoms with Crippen LogP contribution in [0.1, 0.15) is 66.8 Å². The number of nitrogens with zero attached hydrogens (tertiary/aromatic N) is 8. The normalized spacial score (nSPS) is 10.4. The summed E-state index contributed by atoms with van der Waals surface area (Å²) in [5.74, 6) is -1.57. The molecule has 0 aromatic heterocycles. The zero-order valence-electron chi connectivity index (χ0n) is 63.5. The molecule has 3 radical (unpaired) electrons. The molecule has 0 saturated heterocycles. The average molecular weight is 2100 g/mol. The fraction of sp³-hybridized carbons (Fsp3) is 0.342. The Balaban J connectivity index is -0.000000323. The van der Waals surface area contributed by atoms with Gasteiger partial charge in [0.2, 0.25) is 0 Å². The van der Waals surface area contributed by atoms with Gasteiger partial charge in [-0.3, -0.25) is 39.6 Å². The van der Waals surface area contributed by atoms with Crippen LogP contribution >= 0.6 is 0 Å². The number of hydrogen-bond acceptors (Lipinski definition) is 27. The van der Waals surface area contributed by atoms with Gasteiger partial charge in [-0.25, -0.2) is 0 Å². The predicted molar refractivity (Wildman–Crippen MR) is 392 cm³/mol. The molecule has 34 heteroatoms. The van der Waals surface area contributed by atoms with Gasteiger partial charge < -0.3 is 115 Å². The zero-order chi connectivity index (χ0) is 78.9. The topological polar surface area (TPSA) is 512 Å². The average Bonchev–Trinajstić information content (AvgIpc) is 0.846. The van der Waals surface area contributed by atoms with Crippen LogP contribution in [0.2, 0.25) is 0 Å². The fourth-order valence-corrected chi connectivity index (χ4v) is 10.3. The minimum atomic E-state index is -0.297. The number of aliphatic hydroxyl groups is 7. The van der Waals surface area contributed by atoms with Gasteiger partial charge in [-0.15, -0.1) is 26.4 Å². The van der Waals surface area contributed by atoms with Gasteiger partial charge in [-0.1, -0.05) is 190 Å². The molecule has 0 bridgehead atoms. The minimum absolute atomic E-state index is 0. The van der Waals surface area contributed by atoms with E-state index in [1.54, 1.807) is 141 Å². The van der Waals surface area contributed by atoms with Crippen molar-refractivity contribution >= 4 is 47.6 Å². The number of aryl methyl sites for hydroxylation is 4. The molecule has 8 aromatic carbocycles. The SMILES string of the molecule is CO.CO.CO.Cc1cc(C=Nc2ccccc2[O-])c([O-])c(CN(CC[O-])CCO)c1.Cc1cc(C=Nc2ccccc2[O-])c([O-])c(CN(CC[O-])CCO)c1.Cc1cc(C=Nc2ccccc2[O-])c([O-])c(CN(CC[O-])CCO)c1.Cc1cc(C=Nc2ccccc2[O-])c([O-])c(CN(CC[O-])CCO)c1.O.[Cl-].[Gd+3].[Gd+3].[Gd+3].[Ni+2].[Ni+2]. The van der Waals surface area contributed by atoms with Crippen LogP contribution in [0.5, 0.6) is 46.0 Å². The van der Waals surface area contributed by atoms with Crippen molar-refractivity contribution in [1.82, 2.24) is 19.6 Å². The predicted octanol–water partition coefficient (Wildman–Crippen LogP) is -4.81. The van der Waals surface area contributed by atoms with E-state index in [1.165, 1.54) is 49.1 Å². The standard InChI is InChI=1S/4C19H23N2O4.3CH4O.ClH.3Gd.2Ni.H2O/c4*1-14-10-15(12-20-17-4-2-3-5-18(17)24)19(25)16(11-14)13-21(6-8-22)7-9-23;3*1-2;;;;;;;/h4*2-5,10-12,22,24-25H,6-9,13H2,1H3;3*2H,1H3;1H;;;;;;1H2/q4*-1;;;;;3*+3;2*+2;/p-9. The maximum Gasteiger partial charge on any atom is 3.00 e. The molecule has 113 heavy (non-hydrogen) atoms. The van der Waals surface area contributed by atoms with Gasteiger partial charge in [-0.05, 0) is 123 Å². The molecule has 0 unspecified atom stereocenters. The van der Waals surface area contributed by atoms with Crippen molar-refractivity contribution in [3.8, 4) is 46.0 Å². The Bertz CT molecular complexity index is 3460. The van der Waals surface area contributed by atoms with Gasteiger partial charge in [0, 0.05) is 98.5 Å². The number of benzene rings is 8. The van der Waals surface area contributed by atoms with E-state index < -0.39 is 0 Å². The van der Waals surface area contributed by atoms with Gasteiger partial charge in [0.1, 0.15) is 0 Å². The van der Waals surface area contributed by atoms with Crippen molar-refractivity contribution in [1.29, 1.82) is 0 Å². The van der Waals surface area contributed by atoms with E-state index in [-0.39, 0.29) is 318 Å². The molecule has 0 heterocycles. The summed E-state index contributed by atoms with van der Waals surface area (Å²) >= 11 is 0. The summed E-state index contributed by atoms with van der Waals surface area (Å²) in [6.45, 7) is 9.56. The van der Waals surface area contributed by atoms with E-state index in [1.807, 2.05) is 27.7 Å². The van der Waals surface area contributed by atoms with Gasteiger partial charge >= 0.3 is 153 Å². The molecule has 0 spiro atoms. The van der Waals surface area contributed by atoms with E-state index in [9.17, 15) is 61.3 Å². The summed E-state index contributed by atoms with van der Waals surface area (Å²) in [5, 5.41) is 198. The summed E-state index contributed by atoms with van der Waals surface area (Å²) in [6, 6.07) is 39.4. The second-order valence-corrected chi connectivity index (χ2v) is 23.1. The smallest absolute Gasteiger partial charge is 1.00 e. The van der Waals surface area contributed by atoms with Gasteiger partial charge in [0.25, 0.3) is 0 Å². The third-order valence-electron chi connectivity index (χ3n) is 15.1. The quantitative estimate of drug-likeness (QED) is 0.0154. The van der Waals surface area contributed by atoms with E-state index in [0.29, 0.717) is 96.9 Å². The molecule has 28 nitrogen and oxygen atoms in total. The van der Waals surface area contributed by atoms with Crippen LogP contribution in [-0.2, 0) is 59.2 Å². The van der Waals surface area contributed by atoms with Crippen molar-refractivity contribution in [2.45, 2.75) is 53.9 Å². The molecule has 8 rings (SSSR count). The van der Waals surface area contributed by atoms with Crippen molar-refractivity contribution in [3.63, 3.8) is 0 Å². The first-order valence-corrected chi connectivity index (χ1v) is 33.6. The summed E-state index contributed by atoms with van der Waals surface area (Å²) < 4.78 is 0. The van der Waals surface area contributed by atoms with Crippen molar-refractivity contribution in [2.75, 3.05) is 127 Å². The van der Waals surface area contributed by atoms with Crippen molar-refractivity contribution < 1.29 is 268 Å². The number of para-hydroxylation sites is 8. The van der Waals surface area contributed by atoms with E-state index in [2.05, 4.69) is 20.0 Å². The summed E-state index contributed by atoms with van der Waals surface area (Å²) in [5.41, 5.74) is 8.38. The van der Waals surface area contributed by atoms with E-state index in [0.717, 1.165) is 43.6 Å². The molecule has 8 aromatic rings. The number of halogens is 1. The summed E-state index contributed by atoms with van der Waals surface area (Å²) in [7, 11) is 3.00. The van der Waals surface area contributed by atoms with Gasteiger partial charge in [-0.2, -0.15) is 0 Å². The molecule has 0 saturated carbocycles. The molecule has 0 aliphatic carbocycles. The molecule has 0 fully saturated rings. The van der Waals surface area contributed by atoms with Crippen LogP contribution in [0.15, 0.2) is 166 Å². The monoisotopic (exact) mass is 2100 g/mol. The van der Waals surface area contributed by atoms with Crippen LogP contribution in [0, 0.1) is 148 Å². The number of aliphatic imine (C=N–C) groups is 4. The number of rotatable bonds is 32. The van der Waals surface area contributed by atoms with Crippen LogP contribution < -0.4 is 73.7 Å². The molecular weight excluding hydrogens is 2010 g/mol. The zero-order valence-corrected chi connectivity index (χ0v) is 73.0. The second kappa shape index (κ2) is 70.5. The summed E-state index contributed by atoms with van der Waals surface area (Å²) in [6.07, 6.45) is 5.61. The molecule has 0 amide bonds. The summed E-state index contributed by atoms with van der Waals surface area (Å²) in [4.78, 5) is 23.5. The van der Waals surface area contributed by atoms with Gasteiger partial charge in [0.15, 0.2) is 0 Å². The van der Waals surface area contributed by atoms with Crippen LogP contribution in [0.25, 0.3) is 0 Å². The van der Waals surface area contributed by atoms with Crippen molar-refractivity contribution in [3.05, 3.63) is 212 Å². The molecule has 9 N–H and O–H groups in total. The van der Waals surface area contributed by atoms with Crippen molar-refractivity contribution in [2.24, 2.45) is 20.0 Å². The van der Waals surface area contributed by atoms with Gasteiger partial charge in [0.05, 0.1) is 49.2 Å². The fourth-order valence-electron chi connectivity index (χ4n) is 10.3. The van der Waals surface area contributed by atoms with Crippen LogP contribution in [0.4, 0.5) is 22.7 Å². The Morgan fingerprint density at radius 1 is 0.301 bits per heavy atom.